The summed E-state index contributed by atoms with van der Waals surface area (Å²) >= 11 is 1.47. The summed E-state index contributed by atoms with van der Waals surface area (Å²) in [6, 6.07) is 17.3. The molecule has 0 fully saturated rings. The number of benzene rings is 2. The Morgan fingerprint density at radius 1 is 1.12 bits per heavy atom. The Hall–Kier alpha value is -2.60. The van der Waals surface area contributed by atoms with Crippen LogP contribution >= 0.6 is 11.8 Å². The summed E-state index contributed by atoms with van der Waals surface area (Å²) in [5, 5.41) is 1.03. The number of para-hydroxylation sites is 1. The zero-order valence-corrected chi connectivity index (χ0v) is 14.7. The lowest BCUT2D eigenvalue weighted by Crippen LogP contribution is -2.27. The zero-order valence-electron chi connectivity index (χ0n) is 13.8. The van der Waals surface area contributed by atoms with E-state index in [0.29, 0.717) is 16.1 Å². The molecule has 3 aromatic rings. The highest BCUT2D eigenvalue weighted by Crippen LogP contribution is 2.19. The van der Waals surface area contributed by atoms with Gasteiger partial charge in [0, 0.05) is 5.75 Å². The molecular formula is C19H18N2O3S. The van der Waals surface area contributed by atoms with Crippen molar-refractivity contribution in [2.24, 2.45) is 0 Å². The number of nitrogens with zero attached hydrogens (tertiary/aromatic N) is 2. The van der Waals surface area contributed by atoms with Gasteiger partial charge in [-0.15, -0.1) is 0 Å². The van der Waals surface area contributed by atoms with Crippen molar-refractivity contribution < 1.29 is 9.53 Å². The van der Waals surface area contributed by atoms with Crippen molar-refractivity contribution in [1.82, 2.24) is 9.55 Å². The first-order valence-corrected chi connectivity index (χ1v) is 8.90. The van der Waals surface area contributed by atoms with Crippen LogP contribution in [0.4, 0.5) is 0 Å². The van der Waals surface area contributed by atoms with Gasteiger partial charge >= 0.3 is 5.97 Å². The fourth-order valence-corrected chi connectivity index (χ4v) is 3.48. The van der Waals surface area contributed by atoms with Crippen molar-refractivity contribution in [3.05, 3.63) is 70.5 Å². The quantitative estimate of drug-likeness (QED) is 0.387. The number of hydrogen-bond donors (Lipinski definition) is 0. The van der Waals surface area contributed by atoms with E-state index in [1.807, 2.05) is 24.3 Å². The number of carbonyl (C=O) groups is 1. The molecule has 0 aliphatic rings. The van der Waals surface area contributed by atoms with Crippen LogP contribution in [0.3, 0.4) is 0 Å². The van der Waals surface area contributed by atoms with Crippen LogP contribution in [0.2, 0.25) is 0 Å². The van der Waals surface area contributed by atoms with Gasteiger partial charge in [0.2, 0.25) is 0 Å². The Labute approximate surface area is 149 Å². The first kappa shape index (κ1) is 17.2. The molecule has 1 heterocycles. The minimum atomic E-state index is -0.468. The van der Waals surface area contributed by atoms with Crippen LogP contribution in [-0.4, -0.2) is 28.4 Å². The van der Waals surface area contributed by atoms with E-state index in [-0.39, 0.29) is 12.1 Å². The average molecular weight is 354 g/mol. The first-order valence-electron chi connectivity index (χ1n) is 7.92. The van der Waals surface area contributed by atoms with Crippen molar-refractivity contribution in [2.45, 2.75) is 18.1 Å². The maximum absolute atomic E-state index is 12.7. The smallest absolute Gasteiger partial charge is 0.325 e. The van der Waals surface area contributed by atoms with Crippen LogP contribution in [0.1, 0.15) is 5.56 Å². The second-order valence-corrected chi connectivity index (χ2v) is 6.53. The van der Waals surface area contributed by atoms with E-state index in [9.17, 15) is 9.59 Å². The maximum atomic E-state index is 12.7. The van der Waals surface area contributed by atoms with Crippen LogP contribution in [0.5, 0.6) is 0 Å². The number of methoxy groups -OCH3 is 1. The molecule has 0 amide bonds. The number of carbonyl (C=O) groups excluding carboxylic acids is 1. The molecule has 25 heavy (non-hydrogen) atoms. The topological polar surface area (TPSA) is 61.2 Å². The summed E-state index contributed by atoms with van der Waals surface area (Å²) in [6.45, 7) is -0.138. The molecule has 0 atom stereocenters. The summed E-state index contributed by atoms with van der Waals surface area (Å²) in [7, 11) is 1.31. The number of aromatic nitrogens is 2. The van der Waals surface area contributed by atoms with E-state index in [1.54, 1.807) is 18.2 Å². The van der Waals surface area contributed by atoms with Gasteiger partial charge in [0.25, 0.3) is 5.56 Å². The highest BCUT2D eigenvalue weighted by Gasteiger charge is 2.14. The predicted octanol–water partition coefficient (Wildman–Crippen LogP) is 2.90. The number of ether oxygens (including phenoxy) is 1. The fraction of sp³-hybridized carbons (Fsp3) is 0.211. The van der Waals surface area contributed by atoms with Crippen molar-refractivity contribution >= 4 is 28.6 Å². The summed E-state index contributed by atoms with van der Waals surface area (Å²) < 4.78 is 6.11. The molecule has 0 spiro atoms. The molecule has 6 heteroatoms. The molecule has 2 aromatic carbocycles. The molecule has 0 aliphatic carbocycles. The van der Waals surface area contributed by atoms with Gasteiger partial charge in [-0.1, -0.05) is 54.2 Å². The Morgan fingerprint density at radius 2 is 1.84 bits per heavy atom. The third-order valence-corrected chi connectivity index (χ3v) is 4.78. The molecule has 3 rings (SSSR count). The lowest BCUT2D eigenvalue weighted by Gasteiger charge is -2.12. The van der Waals surface area contributed by atoms with Crippen LogP contribution in [0, 0.1) is 0 Å². The van der Waals surface area contributed by atoms with Gasteiger partial charge in [-0.25, -0.2) is 4.98 Å². The predicted molar refractivity (Wildman–Crippen MR) is 98.9 cm³/mol. The fourth-order valence-electron chi connectivity index (χ4n) is 2.50. The molecule has 0 unspecified atom stereocenters. The highest BCUT2D eigenvalue weighted by molar-refractivity contribution is 7.99. The monoisotopic (exact) mass is 354 g/mol. The Bertz CT molecular complexity index is 938. The number of esters is 1. The Balaban J connectivity index is 1.90. The molecule has 128 valence electrons. The number of aryl methyl sites for hydroxylation is 1. The van der Waals surface area contributed by atoms with E-state index in [1.165, 1.54) is 29.0 Å². The molecular weight excluding hydrogens is 336 g/mol. The van der Waals surface area contributed by atoms with E-state index < -0.39 is 5.97 Å². The third kappa shape index (κ3) is 4.09. The summed E-state index contributed by atoms with van der Waals surface area (Å²) in [5.41, 5.74) is 1.63. The zero-order chi connectivity index (χ0) is 17.6. The van der Waals surface area contributed by atoms with Gasteiger partial charge < -0.3 is 4.74 Å². The molecule has 0 bridgehead atoms. The second kappa shape index (κ2) is 7.98. The highest BCUT2D eigenvalue weighted by atomic mass is 32.2. The number of hydrogen-bond acceptors (Lipinski definition) is 5. The van der Waals surface area contributed by atoms with Gasteiger partial charge in [0.15, 0.2) is 5.16 Å². The summed E-state index contributed by atoms with van der Waals surface area (Å²) in [6.07, 6.45) is 0.854. The third-order valence-electron chi connectivity index (χ3n) is 3.81. The molecule has 0 aliphatic heterocycles. The average Bonchev–Trinajstić information content (AvgIpc) is 2.65. The van der Waals surface area contributed by atoms with Crippen LogP contribution in [-0.2, 0) is 22.5 Å². The first-order chi connectivity index (χ1) is 12.2. The molecule has 0 radical (unpaired) electrons. The Morgan fingerprint density at radius 3 is 2.60 bits per heavy atom. The van der Waals surface area contributed by atoms with Crippen LogP contribution in [0.15, 0.2) is 64.5 Å². The van der Waals surface area contributed by atoms with E-state index >= 15 is 0 Å². The second-order valence-electron chi connectivity index (χ2n) is 5.46. The van der Waals surface area contributed by atoms with Crippen molar-refractivity contribution in [3.63, 3.8) is 0 Å². The van der Waals surface area contributed by atoms with E-state index in [0.717, 1.165) is 12.2 Å². The minimum Gasteiger partial charge on any atom is -0.468 e. The summed E-state index contributed by atoms with van der Waals surface area (Å²) in [5.74, 6) is 0.291. The lowest BCUT2D eigenvalue weighted by molar-refractivity contribution is -0.141. The molecule has 1 aromatic heterocycles. The van der Waals surface area contributed by atoms with Gasteiger partial charge in [-0.3, -0.25) is 14.2 Å². The van der Waals surface area contributed by atoms with Gasteiger partial charge in [-0.05, 0) is 24.1 Å². The molecule has 0 saturated carbocycles. The minimum absolute atomic E-state index is 0.138. The van der Waals surface area contributed by atoms with E-state index in [2.05, 4.69) is 17.1 Å². The molecule has 0 saturated heterocycles. The van der Waals surface area contributed by atoms with E-state index in [4.69, 9.17) is 4.74 Å². The number of thioether (sulfide) groups is 1. The SMILES string of the molecule is COC(=O)Cn1c(SCCc2ccccc2)nc2ccccc2c1=O. The largest absolute Gasteiger partial charge is 0.468 e. The maximum Gasteiger partial charge on any atom is 0.325 e. The van der Waals surface area contributed by atoms with Gasteiger partial charge in [-0.2, -0.15) is 0 Å². The van der Waals surface area contributed by atoms with Crippen LogP contribution in [0.25, 0.3) is 10.9 Å². The lowest BCUT2D eigenvalue weighted by atomic mass is 10.2. The Kier molecular flexibility index (Phi) is 5.50. The number of rotatable bonds is 6. The van der Waals surface area contributed by atoms with Crippen LogP contribution < -0.4 is 5.56 Å². The summed E-state index contributed by atoms with van der Waals surface area (Å²) in [4.78, 5) is 29.0. The molecule has 5 nitrogen and oxygen atoms in total. The molecule has 0 N–H and O–H groups in total. The van der Waals surface area contributed by atoms with Gasteiger partial charge in [0.05, 0.1) is 18.0 Å². The standard InChI is InChI=1S/C19H18N2O3S/c1-24-17(22)13-21-18(23)15-9-5-6-10-16(15)20-19(21)25-12-11-14-7-3-2-4-8-14/h2-10H,11-13H2,1H3. The van der Waals surface area contributed by atoms with Crippen molar-refractivity contribution in [1.29, 1.82) is 0 Å². The normalized spacial score (nSPS) is 10.8. The van der Waals surface area contributed by atoms with Crippen molar-refractivity contribution in [3.8, 4) is 0 Å². The number of fused-ring (bicyclic) bond motifs is 1. The van der Waals surface area contributed by atoms with Gasteiger partial charge in [0.1, 0.15) is 6.54 Å². The van der Waals surface area contributed by atoms with Crippen molar-refractivity contribution in [2.75, 3.05) is 12.9 Å².